The Morgan fingerprint density at radius 3 is 2.45 bits per heavy atom. The Labute approximate surface area is 155 Å². The number of hydrogen-bond acceptors (Lipinski definition) is 1. The second kappa shape index (κ2) is 9.78. The summed E-state index contributed by atoms with van der Waals surface area (Å²) in [7, 11) is 1.69. The molecule has 0 atom stereocenters. The molecule has 2 N–H and O–H groups in total. The van der Waals surface area contributed by atoms with E-state index in [4.69, 9.17) is 0 Å². The average molecular weight is 478 g/mol. The van der Waals surface area contributed by atoms with Crippen LogP contribution in [0.15, 0.2) is 58.0 Å². The highest BCUT2D eigenvalue weighted by Crippen LogP contribution is 2.15. The summed E-state index contributed by atoms with van der Waals surface area (Å²) < 4.78 is 14.5. The minimum absolute atomic E-state index is 0. The third-order valence-corrected chi connectivity index (χ3v) is 3.47. The van der Waals surface area contributed by atoms with E-state index in [-0.39, 0.29) is 29.8 Å². The van der Waals surface area contributed by atoms with E-state index in [2.05, 4.69) is 31.6 Å². The van der Waals surface area contributed by atoms with Gasteiger partial charge >= 0.3 is 0 Å². The van der Waals surface area contributed by atoms with Gasteiger partial charge in [-0.25, -0.2) is 4.39 Å². The number of rotatable bonds is 4. The van der Waals surface area contributed by atoms with Crippen LogP contribution in [0.5, 0.6) is 0 Å². The lowest BCUT2D eigenvalue weighted by Crippen LogP contribution is -2.36. The average Bonchev–Trinajstić information content (AvgIpc) is 2.51. The molecule has 0 aromatic heterocycles. The molecule has 0 fully saturated rings. The van der Waals surface area contributed by atoms with E-state index in [1.54, 1.807) is 19.2 Å². The molecule has 0 aliphatic rings. The van der Waals surface area contributed by atoms with E-state index in [1.165, 1.54) is 6.07 Å². The summed E-state index contributed by atoms with van der Waals surface area (Å²) in [5, 5.41) is 6.30. The van der Waals surface area contributed by atoms with E-state index in [0.717, 1.165) is 10.0 Å². The van der Waals surface area contributed by atoms with Crippen molar-refractivity contribution in [1.82, 2.24) is 10.6 Å². The van der Waals surface area contributed by atoms with Gasteiger partial charge in [-0.3, -0.25) is 4.99 Å². The minimum atomic E-state index is -0.232. The van der Waals surface area contributed by atoms with Crippen molar-refractivity contribution in [3.05, 3.63) is 69.9 Å². The number of halogens is 3. The molecule has 0 radical (unpaired) electrons. The molecule has 2 aromatic carbocycles. The van der Waals surface area contributed by atoms with Gasteiger partial charge in [0, 0.05) is 30.2 Å². The number of aliphatic imine (C=N–C) groups is 1. The standard InChI is InChI=1S/C16H17BrFN3.HI/c1-19-16(20-10-12-5-3-2-4-6-12)21-11-13-9-14(17)7-8-15(13)18;/h2-9H,10-11H2,1H3,(H2,19,20,21);1H. The first-order valence-corrected chi connectivity index (χ1v) is 7.40. The van der Waals surface area contributed by atoms with Crippen LogP contribution < -0.4 is 10.6 Å². The normalized spacial score (nSPS) is 10.8. The number of benzene rings is 2. The quantitative estimate of drug-likeness (QED) is 0.395. The van der Waals surface area contributed by atoms with E-state index < -0.39 is 0 Å². The van der Waals surface area contributed by atoms with Gasteiger partial charge < -0.3 is 10.6 Å². The third-order valence-electron chi connectivity index (χ3n) is 2.98. The summed E-state index contributed by atoms with van der Waals surface area (Å²) in [4.78, 5) is 4.13. The summed E-state index contributed by atoms with van der Waals surface area (Å²) in [6, 6.07) is 14.9. The zero-order valence-electron chi connectivity index (χ0n) is 12.1. The van der Waals surface area contributed by atoms with E-state index in [1.807, 2.05) is 30.3 Å². The van der Waals surface area contributed by atoms with Crippen molar-refractivity contribution in [2.75, 3.05) is 7.05 Å². The van der Waals surface area contributed by atoms with Crippen LogP contribution in [0.25, 0.3) is 0 Å². The summed E-state index contributed by atoms with van der Waals surface area (Å²) in [6.45, 7) is 1.04. The van der Waals surface area contributed by atoms with Crippen LogP contribution in [-0.4, -0.2) is 13.0 Å². The van der Waals surface area contributed by atoms with Crippen molar-refractivity contribution in [3.63, 3.8) is 0 Å². The number of nitrogens with zero attached hydrogens (tertiary/aromatic N) is 1. The van der Waals surface area contributed by atoms with Gasteiger partial charge in [0.2, 0.25) is 0 Å². The van der Waals surface area contributed by atoms with Crippen LogP contribution in [0.4, 0.5) is 4.39 Å². The SMILES string of the molecule is CN=C(NCc1ccccc1)NCc1cc(Br)ccc1F.I. The molecule has 0 saturated carbocycles. The monoisotopic (exact) mass is 477 g/mol. The van der Waals surface area contributed by atoms with Crippen LogP contribution in [-0.2, 0) is 13.1 Å². The lowest BCUT2D eigenvalue weighted by molar-refractivity contribution is 0.604. The Morgan fingerprint density at radius 2 is 1.77 bits per heavy atom. The van der Waals surface area contributed by atoms with E-state index >= 15 is 0 Å². The largest absolute Gasteiger partial charge is 0.352 e. The van der Waals surface area contributed by atoms with Gasteiger partial charge in [0.15, 0.2) is 5.96 Å². The maximum Gasteiger partial charge on any atom is 0.191 e. The zero-order chi connectivity index (χ0) is 15.1. The van der Waals surface area contributed by atoms with Gasteiger partial charge in [-0.15, -0.1) is 24.0 Å². The van der Waals surface area contributed by atoms with Gasteiger partial charge in [-0.05, 0) is 23.8 Å². The number of hydrogen-bond donors (Lipinski definition) is 2. The Hall–Kier alpha value is -1.15. The Kier molecular flexibility index (Phi) is 8.40. The van der Waals surface area contributed by atoms with Crippen LogP contribution in [0, 0.1) is 5.82 Å². The highest BCUT2D eigenvalue weighted by Gasteiger charge is 2.04. The first-order valence-electron chi connectivity index (χ1n) is 6.61. The second-order valence-electron chi connectivity index (χ2n) is 4.50. The van der Waals surface area contributed by atoms with Crippen molar-refractivity contribution in [3.8, 4) is 0 Å². The van der Waals surface area contributed by atoms with E-state index in [9.17, 15) is 4.39 Å². The molecule has 0 aliphatic heterocycles. The molecule has 0 unspecified atom stereocenters. The fourth-order valence-corrected chi connectivity index (χ4v) is 2.27. The van der Waals surface area contributed by atoms with Crippen LogP contribution in [0.3, 0.4) is 0 Å². The summed E-state index contributed by atoms with van der Waals surface area (Å²) in [6.07, 6.45) is 0. The van der Waals surface area contributed by atoms with Crippen molar-refractivity contribution in [1.29, 1.82) is 0 Å². The van der Waals surface area contributed by atoms with Gasteiger partial charge in [0.25, 0.3) is 0 Å². The zero-order valence-corrected chi connectivity index (χ0v) is 16.1. The lowest BCUT2D eigenvalue weighted by Gasteiger charge is -2.12. The molecule has 0 heterocycles. The molecule has 0 bridgehead atoms. The molecule has 118 valence electrons. The van der Waals surface area contributed by atoms with Crippen molar-refractivity contribution < 1.29 is 4.39 Å². The second-order valence-corrected chi connectivity index (χ2v) is 5.42. The number of nitrogens with one attached hydrogen (secondary N) is 2. The van der Waals surface area contributed by atoms with Crippen LogP contribution in [0.1, 0.15) is 11.1 Å². The predicted octanol–water partition coefficient (Wildman–Crippen LogP) is 4.07. The molecule has 0 aliphatic carbocycles. The number of guanidine groups is 1. The van der Waals surface area contributed by atoms with Gasteiger partial charge in [0.05, 0.1) is 0 Å². The summed E-state index contributed by atoms with van der Waals surface area (Å²) in [5.41, 5.74) is 1.75. The molecular weight excluding hydrogens is 460 g/mol. The smallest absolute Gasteiger partial charge is 0.191 e. The topological polar surface area (TPSA) is 36.4 Å². The molecule has 3 nitrogen and oxygen atoms in total. The molecule has 2 rings (SSSR count). The van der Waals surface area contributed by atoms with Crippen LogP contribution in [0.2, 0.25) is 0 Å². The molecule has 0 saturated heterocycles. The highest BCUT2D eigenvalue weighted by molar-refractivity contribution is 14.0. The minimum Gasteiger partial charge on any atom is -0.352 e. The van der Waals surface area contributed by atoms with Gasteiger partial charge in [-0.2, -0.15) is 0 Å². The Balaban J connectivity index is 0.00000242. The molecule has 0 amide bonds. The molecule has 2 aromatic rings. The molecule has 6 heteroatoms. The van der Waals surface area contributed by atoms with Gasteiger partial charge in [-0.1, -0.05) is 46.3 Å². The molecular formula is C16H18BrFIN3. The molecule has 22 heavy (non-hydrogen) atoms. The summed E-state index contributed by atoms with van der Waals surface area (Å²) in [5.74, 6) is 0.405. The van der Waals surface area contributed by atoms with E-state index in [0.29, 0.717) is 24.6 Å². The van der Waals surface area contributed by atoms with Gasteiger partial charge in [0.1, 0.15) is 5.82 Å². The molecule has 0 spiro atoms. The van der Waals surface area contributed by atoms with Crippen molar-refractivity contribution in [2.45, 2.75) is 13.1 Å². The fourth-order valence-electron chi connectivity index (χ4n) is 1.86. The van der Waals surface area contributed by atoms with Crippen molar-refractivity contribution >= 4 is 45.9 Å². The first kappa shape index (κ1) is 18.9. The fraction of sp³-hybridized carbons (Fsp3) is 0.188. The summed E-state index contributed by atoms with van der Waals surface area (Å²) >= 11 is 3.34. The van der Waals surface area contributed by atoms with Crippen LogP contribution >= 0.6 is 39.9 Å². The maximum absolute atomic E-state index is 13.7. The maximum atomic E-state index is 13.7. The lowest BCUT2D eigenvalue weighted by atomic mass is 10.2. The van der Waals surface area contributed by atoms with Crippen molar-refractivity contribution in [2.24, 2.45) is 4.99 Å². The highest BCUT2D eigenvalue weighted by atomic mass is 127. The Bertz CT molecular complexity index is 620. The Morgan fingerprint density at radius 1 is 1.09 bits per heavy atom. The first-order chi connectivity index (χ1) is 10.2. The predicted molar refractivity (Wildman–Crippen MR) is 103 cm³/mol. The third kappa shape index (κ3) is 5.92.